The second kappa shape index (κ2) is 4.48. The summed E-state index contributed by atoms with van der Waals surface area (Å²) in [7, 11) is 0. The Morgan fingerprint density at radius 2 is 1.93 bits per heavy atom. The summed E-state index contributed by atoms with van der Waals surface area (Å²) in [6, 6.07) is 0. The quantitative estimate of drug-likeness (QED) is 0.724. The van der Waals surface area contributed by atoms with Gasteiger partial charge in [-0.3, -0.25) is 4.79 Å². The van der Waals surface area contributed by atoms with Gasteiger partial charge in [0.05, 0.1) is 5.92 Å². The minimum atomic E-state index is -4.63. The summed E-state index contributed by atoms with van der Waals surface area (Å²) in [6.07, 6.45) is -4.27. The van der Waals surface area contributed by atoms with Gasteiger partial charge in [0.25, 0.3) is 0 Å². The van der Waals surface area contributed by atoms with E-state index in [-0.39, 0.29) is 0 Å². The lowest BCUT2D eigenvalue weighted by Crippen LogP contribution is -2.30. The third-order valence-corrected chi connectivity index (χ3v) is 2.22. The smallest absolute Gasteiger partial charge is 0.412 e. The fourth-order valence-electron chi connectivity index (χ4n) is 1.15. The second-order valence-corrected chi connectivity index (χ2v) is 3.22. The molecule has 0 amide bonds. The van der Waals surface area contributed by atoms with Crippen molar-refractivity contribution in [1.29, 1.82) is 0 Å². The summed E-state index contributed by atoms with van der Waals surface area (Å²) in [5.41, 5.74) is -1.18. The Kier molecular flexibility index (Phi) is 4.16. The van der Waals surface area contributed by atoms with E-state index in [1.165, 1.54) is 6.92 Å². The van der Waals surface area contributed by atoms with E-state index < -0.39 is 29.6 Å². The van der Waals surface area contributed by atoms with Gasteiger partial charge in [0, 0.05) is 5.57 Å². The van der Waals surface area contributed by atoms with Crippen LogP contribution in [0.15, 0.2) is 12.2 Å². The van der Waals surface area contributed by atoms with Gasteiger partial charge in [-0.2, -0.15) is 13.2 Å². The maximum atomic E-state index is 12.2. The van der Waals surface area contributed by atoms with Gasteiger partial charge in [0.15, 0.2) is 0 Å². The fourth-order valence-corrected chi connectivity index (χ4v) is 1.15. The highest BCUT2D eigenvalue weighted by atomic mass is 19.4. The van der Waals surface area contributed by atoms with Crippen molar-refractivity contribution in [3.63, 3.8) is 0 Å². The number of aliphatic carboxylic acids is 1. The van der Waals surface area contributed by atoms with Crippen molar-refractivity contribution in [2.24, 2.45) is 11.8 Å². The van der Waals surface area contributed by atoms with Crippen LogP contribution in [0.1, 0.15) is 20.3 Å². The number of alkyl halides is 3. The zero-order valence-corrected chi connectivity index (χ0v) is 8.06. The minimum absolute atomic E-state index is 0.367. The number of rotatable bonds is 4. The number of carbonyl (C=O) groups is 1. The van der Waals surface area contributed by atoms with Gasteiger partial charge < -0.3 is 5.11 Å². The maximum absolute atomic E-state index is 12.2. The molecule has 0 aliphatic carbocycles. The van der Waals surface area contributed by atoms with Gasteiger partial charge in [-0.15, -0.1) is 0 Å². The van der Waals surface area contributed by atoms with Crippen molar-refractivity contribution in [2.45, 2.75) is 26.4 Å². The van der Waals surface area contributed by atoms with Gasteiger partial charge in [0.2, 0.25) is 0 Å². The Labute approximate surface area is 80.4 Å². The van der Waals surface area contributed by atoms with Gasteiger partial charge >= 0.3 is 12.1 Å². The molecule has 0 saturated heterocycles. The van der Waals surface area contributed by atoms with Gasteiger partial charge in [-0.1, -0.05) is 26.8 Å². The van der Waals surface area contributed by atoms with E-state index in [1.54, 1.807) is 6.92 Å². The first-order valence-electron chi connectivity index (χ1n) is 4.20. The highest BCUT2D eigenvalue weighted by Gasteiger charge is 2.42. The van der Waals surface area contributed by atoms with Crippen LogP contribution in [0.25, 0.3) is 0 Å². The molecule has 14 heavy (non-hydrogen) atoms. The van der Waals surface area contributed by atoms with Crippen LogP contribution in [0, 0.1) is 11.8 Å². The van der Waals surface area contributed by atoms with Crippen LogP contribution in [0.4, 0.5) is 13.2 Å². The second-order valence-electron chi connectivity index (χ2n) is 3.22. The normalized spacial score (nSPS) is 16.1. The van der Waals surface area contributed by atoms with E-state index in [2.05, 4.69) is 6.58 Å². The maximum Gasteiger partial charge on any atom is 0.412 e. The predicted molar refractivity (Wildman–Crippen MR) is 45.8 cm³/mol. The van der Waals surface area contributed by atoms with Crippen molar-refractivity contribution in [2.75, 3.05) is 0 Å². The van der Waals surface area contributed by atoms with E-state index in [9.17, 15) is 18.0 Å². The molecule has 1 N–H and O–H groups in total. The predicted octanol–water partition coefficient (Wildman–Crippen LogP) is 2.85. The van der Waals surface area contributed by atoms with Crippen molar-refractivity contribution >= 4 is 5.97 Å². The minimum Gasteiger partial charge on any atom is -0.481 e. The van der Waals surface area contributed by atoms with Crippen molar-refractivity contribution < 1.29 is 23.1 Å². The van der Waals surface area contributed by atoms with Crippen LogP contribution in [-0.4, -0.2) is 17.3 Å². The van der Waals surface area contributed by atoms with Crippen molar-refractivity contribution in [3.8, 4) is 0 Å². The van der Waals surface area contributed by atoms with Crippen LogP contribution in [0.3, 0.4) is 0 Å². The summed E-state index contributed by atoms with van der Waals surface area (Å²) in [5, 5.41) is 8.65. The molecule has 0 rings (SSSR count). The zero-order valence-electron chi connectivity index (χ0n) is 8.06. The first kappa shape index (κ1) is 13.0. The molecule has 2 unspecified atom stereocenters. The van der Waals surface area contributed by atoms with Crippen molar-refractivity contribution in [1.82, 2.24) is 0 Å². The van der Waals surface area contributed by atoms with E-state index in [4.69, 9.17) is 5.11 Å². The molecule has 0 saturated carbocycles. The molecule has 0 spiro atoms. The van der Waals surface area contributed by atoms with Crippen LogP contribution in [0.5, 0.6) is 0 Å². The molecule has 0 aliphatic heterocycles. The van der Waals surface area contributed by atoms with E-state index in [0.717, 1.165) is 0 Å². The highest BCUT2D eigenvalue weighted by molar-refractivity contribution is 5.74. The van der Waals surface area contributed by atoms with Gasteiger partial charge in [-0.25, -0.2) is 0 Å². The standard InChI is InChI=1S/C9H13F3O2/c1-4-5(2)7(8(13)14)6(3)9(10,11)12/h5,7H,3-4H2,1-2H3,(H,13,14). The molecular formula is C9H13F3O2. The fraction of sp³-hybridized carbons (Fsp3) is 0.667. The highest BCUT2D eigenvalue weighted by Crippen LogP contribution is 2.34. The Balaban J connectivity index is 4.85. The summed E-state index contributed by atoms with van der Waals surface area (Å²) in [5.74, 6) is -3.58. The molecule has 0 aromatic heterocycles. The van der Waals surface area contributed by atoms with Gasteiger partial charge in [-0.05, 0) is 5.92 Å². The summed E-state index contributed by atoms with van der Waals surface area (Å²) in [4.78, 5) is 10.6. The molecule has 0 aliphatic rings. The molecule has 2 nitrogen and oxygen atoms in total. The Bertz CT molecular complexity index is 233. The number of hydrogen-bond donors (Lipinski definition) is 1. The first-order chi connectivity index (χ1) is 6.21. The van der Waals surface area contributed by atoms with E-state index >= 15 is 0 Å². The number of carboxylic acid groups (broad SMARTS) is 1. The molecule has 82 valence electrons. The number of carboxylic acids is 1. The summed E-state index contributed by atoms with van der Waals surface area (Å²) < 4.78 is 36.6. The Morgan fingerprint density at radius 3 is 2.14 bits per heavy atom. The lowest BCUT2D eigenvalue weighted by molar-refractivity contribution is -0.148. The SMILES string of the molecule is C=C(C(C(=O)O)C(C)CC)C(F)(F)F. The number of halogens is 3. The number of hydrogen-bond acceptors (Lipinski definition) is 1. The molecule has 2 atom stereocenters. The topological polar surface area (TPSA) is 37.3 Å². The van der Waals surface area contributed by atoms with Crippen molar-refractivity contribution in [3.05, 3.63) is 12.2 Å². The van der Waals surface area contributed by atoms with E-state index in [0.29, 0.717) is 6.42 Å². The largest absolute Gasteiger partial charge is 0.481 e. The molecule has 0 bridgehead atoms. The first-order valence-corrected chi connectivity index (χ1v) is 4.20. The average molecular weight is 210 g/mol. The van der Waals surface area contributed by atoms with Crippen LogP contribution >= 0.6 is 0 Å². The Hall–Kier alpha value is -1.00. The van der Waals surface area contributed by atoms with Crippen LogP contribution in [-0.2, 0) is 4.79 Å². The van der Waals surface area contributed by atoms with E-state index in [1.807, 2.05) is 0 Å². The van der Waals surface area contributed by atoms with Gasteiger partial charge in [0.1, 0.15) is 0 Å². The average Bonchev–Trinajstić information content (AvgIpc) is 2.01. The summed E-state index contributed by atoms with van der Waals surface area (Å²) >= 11 is 0. The molecule has 0 radical (unpaired) electrons. The van der Waals surface area contributed by atoms with Crippen LogP contribution in [0.2, 0.25) is 0 Å². The lowest BCUT2D eigenvalue weighted by Gasteiger charge is -2.22. The molecular weight excluding hydrogens is 197 g/mol. The molecule has 0 aromatic carbocycles. The third kappa shape index (κ3) is 3.05. The summed E-state index contributed by atoms with van der Waals surface area (Å²) in [6.45, 7) is 5.92. The molecule has 0 aromatic rings. The molecule has 0 heterocycles. The molecule has 0 fully saturated rings. The molecule has 5 heteroatoms. The van der Waals surface area contributed by atoms with Crippen LogP contribution < -0.4 is 0 Å². The third-order valence-electron chi connectivity index (χ3n) is 2.22. The lowest BCUT2D eigenvalue weighted by atomic mass is 9.86. The zero-order chi connectivity index (χ0) is 11.5. The Morgan fingerprint density at radius 1 is 1.50 bits per heavy atom. The monoisotopic (exact) mass is 210 g/mol.